The lowest BCUT2D eigenvalue weighted by Crippen LogP contribution is -2.36. The highest BCUT2D eigenvalue weighted by molar-refractivity contribution is 5.92. The van der Waals surface area contributed by atoms with Crippen molar-refractivity contribution in [2.24, 2.45) is 0 Å². The minimum absolute atomic E-state index is 0.152. The number of ether oxygens (including phenoxy) is 1. The Kier molecular flexibility index (Phi) is 7.75. The van der Waals surface area contributed by atoms with E-state index < -0.39 is 0 Å². The van der Waals surface area contributed by atoms with Crippen LogP contribution in [0.3, 0.4) is 0 Å². The molecule has 0 atom stereocenters. The maximum Gasteiger partial charge on any atom is 0.274 e. The second kappa shape index (κ2) is 10.3. The molecule has 0 aliphatic carbocycles. The Hall–Kier alpha value is -2.74. The molecule has 0 aromatic carbocycles. The highest BCUT2D eigenvalue weighted by Crippen LogP contribution is 2.05. The fourth-order valence-corrected chi connectivity index (χ4v) is 2.30. The van der Waals surface area contributed by atoms with Crippen LogP contribution in [0.1, 0.15) is 34.8 Å². The minimum Gasteiger partial charge on any atom is -0.467 e. The number of rotatable bonds is 10. The second-order valence-electron chi connectivity index (χ2n) is 5.79. The van der Waals surface area contributed by atoms with Crippen LogP contribution < -0.4 is 5.32 Å². The molecule has 1 N–H and O–H groups in total. The summed E-state index contributed by atoms with van der Waals surface area (Å²) < 4.78 is 10.2. The van der Waals surface area contributed by atoms with E-state index in [9.17, 15) is 9.59 Å². The first-order chi connectivity index (χ1) is 12.6. The van der Waals surface area contributed by atoms with Crippen LogP contribution in [0.15, 0.2) is 35.2 Å². The van der Waals surface area contributed by atoms with Crippen LogP contribution in [0.25, 0.3) is 0 Å². The number of hydrogen-bond donors (Lipinski definition) is 1. The standard InChI is InChI=1S/C18H24N4O4/c1-14-11-20-16(13-19-14)18(24)22(7-4-9-25-2)8-6-17(23)21-12-15-5-3-10-26-15/h3,5,10-11,13H,4,6-9,12H2,1-2H3,(H,21,23). The third kappa shape index (κ3) is 6.29. The molecular formula is C18H24N4O4. The summed E-state index contributed by atoms with van der Waals surface area (Å²) in [7, 11) is 1.61. The molecule has 8 nitrogen and oxygen atoms in total. The lowest BCUT2D eigenvalue weighted by molar-refractivity contribution is -0.121. The van der Waals surface area contributed by atoms with Crippen molar-refractivity contribution in [1.29, 1.82) is 0 Å². The van der Waals surface area contributed by atoms with E-state index in [0.29, 0.717) is 38.4 Å². The molecule has 0 bridgehead atoms. The Balaban J connectivity index is 1.89. The van der Waals surface area contributed by atoms with Gasteiger partial charge in [0, 0.05) is 39.4 Å². The third-order valence-electron chi connectivity index (χ3n) is 3.71. The predicted molar refractivity (Wildman–Crippen MR) is 94.3 cm³/mol. The number of nitrogens with one attached hydrogen (secondary N) is 1. The summed E-state index contributed by atoms with van der Waals surface area (Å²) >= 11 is 0. The number of carbonyl (C=O) groups excluding carboxylic acids is 2. The predicted octanol–water partition coefficient (Wildman–Crippen LogP) is 1.56. The van der Waals surface area contributed by atoms with Crippen LogP contribution in [0.5, 0.6) is 0 Å². The topological polar surface area (TPSA) is 97.6 Å². The van der Waals surface area contributed by atoms with Crippen molar-refractivity contribution in [3.8, 4) is 0 Å². The summed E-state index contributed by atoms with van der Waals surface area (Å²) in [6.07, 6.45) is 5.43. The zero-order valence-electron chi connectivity index (χ0n) is 15.1. The SMILES string of the molecule is COCCCN(CCC(=O)NCc1ccco1)C(=O)c1cnc(C)cn1. The van der Waals surface area contributed by atoms with Crippen molar-refractivity contribution in [3.05, 3.63) is 47.9 Å². The normalized spacial score (nSPS) is 10.5. The van der Waals surface area contributed by atoms with Gasteiger partial charge in [-0.2, -0.15) is 0 Å². The Morgan fingerprint density at radius 1 is 1.27 bits per heavy atom. The fraction of sp³-hybridized carbons (Fsp3) is 0.444. The Labute approximate surface area is 152 Å². The molecule has 26 heavy (non-hydrogen) atoms. The van der Waals surface area contributed by atoms with Gasteiger partial charge in [-0.15, -0.1) is 0 Å². The molecule has 0 unspecified atom stereocenters. The van der Waals surface area contributed by atoms with Gasteiger partial charge < -0.3 is 19.4 Å². The molecule has 2 rings (SSSR count). The maximum absolute atomic E-state index is 12.6. The van der Waals surface area contributed by atoms with Crippen LogP contribution in [0.4, 0.5) is 0 Å². The molecular weight excluding hydrogens is 336 g/mol. The first-order valence-corrected chi connectivity index (χ1v) is 8.46. The number of furan rings is 1. The summed E-state index contributed by atoms with van der Waals surface area (Å²) in [5, 5.41) is 2.77. The molecule has 2 heterocycles. The highest BCUT2D eigenvalue weighted by Gasteiger charge is 2.18. The van der Waals surface area contributed by atoms with Gasteiger partial charge in [-0.3, -0.25) is 14.6 Å². The quantitative estimate of drug-likeness (QED) is 0.646. The van der Waals surface area contributed by atoms with Crippen molar-refractivity contribution in [1.82, 2.24) is 20.2 Å². The number of aryl methyl sites for hydroxylation is 1. The van der Waals surface area contributed by atoms with Gasteiger partial charge in [-0.25, -0.2) is 4.98 Å². The largest absolute Gasteiger partial charge is 0.467 e. The van der Waals surface area contributed by atoms with Gasteiger partial charge >= 0.3 is 0 Å². The van der Waals surface area contributed by atoms with E-state index in [-0.39, 0.29) is 23.9 Å². The van der Waals surface area contributed by atoms with E-state index in [2.05, 4.69) is 15.3 Å². The molecule has 0 saturated heterocycles. The molecule has 0 spiro atoms. The van der Waals surface area contributed by atoms with E-state index in [1.54, 1.807) is 43.5 Å². The van der Waals surface area contributed by atoms with Crippen LogP contribution in [-0.2, 0) is 16.1 Å². The number of hydrogen-bond acceptors (Lipinski definition) is 6. The molecule has 0 fully saturated rings. The zero-order valence-corrected chi connectivity index (χ0v) is 15.1. The Morgan fingerprint density at radius 2 is 2.12 bits per heavy atom. The smallest absolute Gasteiger partial charge is 0.274 e. The summed E-state index contributed by atoms with van der Waals surface area (Å²) in [6.45, 7) is 3.44. The van der Waals surface area contributed by atoms with Gasteiger partial charge in [0.15, 0.2) is 0 Å². The van der Waals surface area contributed by atoms with E-state index >= 15 is 0 Å². The average molecular weight is 360 g/mol. The van der Waals surface area contributed by atoms with Crippen LogP contribution in [-0.4, -0.2) is 53.5 Å². The number of methoxy groups -OCH3 is 1. The molecule has 0 aliphatic rings. The van der Waals surface area contributed by atoms with Gasteiger partial charge in [-0.05, 0) is 25.5 Å². The summed E-state index contributed by atoms with van der Waals surface area (Å²) in [4.78, 5) is 34.5. The van der Waals surface area contributed by atoms with Crippen molar-refractivity contribution < 1.29 is 18.7 Å². The second-order valence-corrected chi connectivity index (χ2v) is 5.79. The Bertz CT molecular complexity index is 686. The zero-order chi connectivity index (χ0) is 18.8. The monoisotopic (exact) mass is 360 g/mol. The lowest BCUT2D eigenvalue weighted by Gasteiger charge is -2.22. The van der Waals surface area contributed by atoms with Crippen molar-refractivity contribution >= 4 is 11.8 Å². The summed E-state index contributed by atoms with van der Waals surface area (Å²) in [5.41, 5.74) is 1.01. The molecule has 2 aromatic rings. The summed E-state index contributed by atoms with van der Waals surface area (Å²) in [5.74, 6) is 0.287. The van der Waals surface area contributed by atoms with E-state index in [1.807, 2.05) is 0 Å². The summed E-state index contributed by atoms with van der Waals surface area (Å²) in [6, 6.07) is 3.55. The fourth-order valence-electron chi connectivity index (χ4n) is 2.30. The maximum atomic E-state index is 12.6. The number of amides is 2. The number of aromatic nitrogens is 2. The lowest BCUT2D eigenvalue weighted by atomic mass is 10.2. The molecule has 0 radical (unpaired) electrons. The average Bonchev–Trinajstić information content (AvgIpc) is 3.16. The van der Waals surface area contributed by atoms with Crippen LogP contribution in [0, 0.1) is 6.92 Å². The van der Waals surface area contributed by atoms with Gasteiger partial charge in [0.25, 0.3) is 5.91 Å². The van der Waals surface area contributed by atoms with Crippen molar-refractivity contribution in [2.75, 3.05) is 26.8 Å². The van der Waals surface area contributed by atoms with Gasteiger partial charge in [0.1, 0.15) is 11.5 Å². The first-order valence-electron chi connectivity index (χ1n) is 8.46. The van der Waals surface area contributed by atoms with Gasteiger partial charge in [0.05, 0.1) is 24.7 Å². The van der Waals surface area contributed by atoms with Crippen molar-refractivity contribution in [3.63, 3.8) is 0 Å². The van der Waals surface area contributed by atoms with E-state index in [1.165, 1.54) is 6.20 Å². The van der Waals surface area contributed by atoms with Crippen molar-refractivity contribution in [2.45, 2.75) is 26.3 Å². The Morgan fingerprint density at radius 3 is 2.77 bits per heavy atom. The van der Waals surface area contributed by atoms with E-state index in [0.717, 1.165) is 5.69 Å². The van der Waals surface area contributed by atoms with E-state index in [4.69, 9.17) is 9.15 Å². The third-order valence-corrected chi connectivity index (χ3v) is 3.71. The molecule has 2 amide bonds. The van der Waals surface area contributed by atoms with Gasteiger partial charge in [0.2, 0.25) is 5.91 Å². The molecule has 8 heteroatoms. The number of nitrogens with zero attached hydrogens (tertiary/aromatic N) is 3. The molecule has 0 aliphatic heterocycles. The van der Waals surface area contributed by atoms with Crippen LogP contribution in [0.2, 0.25) is 0 Å². The van der Waals surface area contributed by atoms with Crippen LogP contribution >= 0.6 is 0 Å². The van der Waals surface area contributed by atoms with Gasteiger partial charge in [-0.1, -0.05) is 0 Å². The molecule has 2 aromatic heterocycles. The highest BCUT2D eigenvalue weighted by atomic mass is 16.5. The molecule has 0 saturated carbocycles. The first kappa shape index (κ1) is 19.6. The molecule has 140 valence electrons. The number of carbonyl (C=O) groups is 2. The minimum atomic E-state index is -0.243.